The van der Waals surface area contributed by atoms with Crippen molar-refractivity contribution < 1.29 is 0 Å². The molecular formula is C46H28N4S2. The van der Waals surface area contributed by atoms with Crippen LogP contribution in [-0.4, -0.2) is 19.9 Å². The molecule has 0 aliphatic rings. The second-order valence-electron chi connectivity index (χ2n) is 12.7. The number of hydrogen-bond acceptors (Lipinski definition) is 6. The second-order valence-corrected chi connectivity index (χ2v) is 14.7. The molecule has 3 heterocycles. The molecule has 0 N–H and O–H groups in total. The van der Waals surface area contributed by atoms with Gasteiger partial charge in [-0.2, -0.15) is 0 Å². The van der Waals surface area contributed by atoms with Gasteiger partial charge in [-0.3, -0.25) is 0 Å². The SMILES string of the molecule is c1ccc(-c2cccc(-c3nc(-c4ccccc4)nc(-c4cccc5c4sc4c(-c6nc7ccccc7s6)cc(-c6ccccc6)cc45)n3)c2)cc1. The Labute approximate surface area is 308 Å². The Kier molecular flexibility index (Phi) is 7.48. The van der Waals surface area contributed by atoms with Gasteiger partial charge in [-0.15, -0.1) is 22.7 Å². The number of fused-ring (bicyclic) bond motifs is 4. The van der Waals surface area contributed by atoms with Gasteiger partial charge in [0.15, 0.2) is 17.5 Å². The molecule has 0 radical (unpaired) electrons. The van der Waals surface area contributed by atoms with E-state index in [-0.39, 0.29) is 0 Å². The molecule has 10 aromatic rings. The van der Waals surface area contributed by atoms with Crippen molar-refractivity contribution in [3.63, 3.8) is 0 Å². The Hall–Kier alpha value is -6.34. The summed E-state index contributed by atoms with van der Waals surface area (Å²) >= 11 is 3.53. The number of thiazole rings is 1. The van der Waals surface area contributed by atoms with E-state index in [2.05, 4.69) is 146 Å². The maximum absolute atomic E-state index is 5.20. The van der Waals surface area contributed by atoms with Crippen LogP contribution in [0.25, 0.3) is 97.4 Å². The van der Waals surface area contributed by atoms with Crippen LogP contribution in [0.15, 0.2) is 170 Å². The number of para-hydroxylation sites is 1. The van der Waals surface area contributed by atoms with Gasteiger partial charge in [0.05, 0.1) is 10.2 Å². The fourth-order valence-electron chi connectivity index (χ4n) is 6.83. The largest absolute Gasteiger partial charge is 0.236 e. The highest BCUT2D eigenvalue weighted by molar-refractivity contribution is 7.27. The number of thiophene rings is 1. The lowest BCUT2D eigenvalue weighted by molar-refractivity contribution is 1.08. The highest BCUT2D eigenvalue weighted by Gasteiger charge is 2.20. The molecule has 4 nitrogen and oxygen atoms in total. The van der Waals surface area contributed by atoms with Crippen LogP contribution in [0.5, 0.6) is 0 Å². The van der Waals surface area contributed by atoms with Gasteiger partial charge in [0, 0.05) is 42.4 Å². The molecular weight excluding hydrogens is 673 g/mol. The smallest absolute Gasteiger partial charge is 0.165 e. The van der Waals surface area contributed by atoms with Crippen molar-refractivity contribution >= 4 is 53.1 Å². The molecule has 7 aromatic carbocycles. The Morgan fingerprint density at radius 1 is 0.327 bits per heavy atom. The molecule has 0 saturated carbocycles. The lowest BCUT2D eigenvalue weighted by Crippen LogP contribution is -2.00. The topological polar surface area (TPSA) is 51.6 Å². The molecule has 0 aliphatic carbocycles. The zero-order chi connectivity index (χ0) is 34.4. The summed E-state index contributed by atoms with van der Waals surface area (Å²) in [6, 6.07) is 59.1. The molecule has 0 fully saturated rings. The van der Waals surface area contributed by atoms with Crippen molar-refractivity contribution in [2.24, 2.45) is 0 Å². The molecule has 0 atom stereocenters. The number of benzene rings is 7. The van der Waals surface area contributed by atoms with Crippen LogP contribution in [0.3, 0.4) is 0 Å². The van der Waals surface area contributed by atoms with E-state index in [1.54, 1.807) is 22.7 Å². The third-order valence-electron chi connectivity index (χ3n) is 9.37. The second kappa shape index (κ2) is 12.8. The molecule has 3 aromatic heterocycles. The van der Waals surface area contributed by atoms with Gasteiger partial charge >= 0.3 is 0 Å². The van der Waals surface area contributed by atoms with Gasteiger partial charge in [0.2, 0.25) is 0 Å². The first-order valence-corrected chi connectivity index (χ1v) is 18.8. The van der Waals surface area contributed by atoms with Crippen LogP contribution in [0.4, 0.5) is 0 Å². The summed E-state index contributed by atoms with van der Waals surface area (Å²) in [5, 5.41) is 3.39. The predicted molar refractivity (Wildman–Crippen MR) is 219 cm³/mol. The maximum Gasteiger partial charge on any atom is 0.165 e. The van der Waals surface area contributed by atoms with Gasteiger partial charge in [-0.25, -0.2) is 19.9 Å². The summed E-state index contributed by atoms with van der Waals surface area (Å²) in [4.78, 5) is 20.5. The lowest BCUT2D eigenvalue weighted by Gasteiger charge is -2.10. The minimum Gasteiger partial charge on any atom is -0.236 e. The van der Waals surface area contributed by atoms with Gasteiger partial charge in [0.25, 0.3) is 0 Å². The monoisotopic (exact) mass is 700 g/mol. The van der Waals surface area contributed by atoms with E-state index in [1.807, 2.05) is 24.3 Å². The van der Waals surface area contributed by atoms with Gasteiger partial charge in [0.1, 0.15) is 5.01 Å². The third kappa shape index (κ3) is 5.46. The summed E-state index contributed by atoms with van der Waals surface area (Å²) in [6.45, 7) is 0. The van der Waals surface area contributed by atoms with E-state index in [0.717, 1.165) is 48.6 Å². The van der Waals surface area contributed by atoms with Crippen LogP contribution in [0.1, 0.15) is 0 Å². The zero-order valence-electron chi connectivity index (χ0n) is 27.8. The van der Waals surface area contributed by atoms with Crippen molar-refractivity contribution in [3.05, 3.63) is 170 Å². The number of nitrogens with zero attached hydrogens (tertiary/aromatic N) is 4. The molecule has 0 spiro atoms. The van der Waals surface area contributed by atoms with Crippen molar-refractivity contribution in [1.29, 1.82) is 0 Å². The fraction of sp³-hybridized carbons (Fsp3) is 0. The minimum absolute atomic E-state index is 0.640. The third-order valence-corrected chi connectivity index (χ3v) is 11.7. The van der Waals surface area contributed by atoms with Gasteiger partial charge in [-0.05, 0) is 58.7 Å². The fourth-order valence-corrected chi connectivity index (χ4v) is 9.19. The lowest BCUT2D eigenvalue weighted by atomic mass is 9.99. The van der Waals surface area contributed by atoms with Crippen molar-refractivity contribution in [2.75, 3.05) is 0 Å². The molecule has 0 bridgehead atoms. The summed E-state index contributed by atoms with van der Waals surface area (Å²) in [5.41, 5.74) is 9.63. The Balaban J connectivity index is 1.21. The summed E-state index contributed by atoms with van der Waals surface area (Å²) < 4.78 is 3.52. The average Bonchev–Trinajstić information content (AvgIpc) is 3.83. The molecule has 244 valence electrons. The Morgan fingerprint density at radius 2 is 0.904 bits per heavy atom. The maximum atomic E-state index is 5.20. The van der Waals surface area contributed by atoms with Crippen molar-refractivity contribution in [3.8, 4) is 67.0 Å². The number of rotatable bonds is 6. The van der Waals surface area contributed by atoms with Crippen molar-refractivity contribution in [2.45, 2.75) is 0 Å². The molecule has 0 saturated heterocycles. The highest BCUT2D eigenvalue weighted by atomic mass is 32.1. The molecule has 6 heteroatoms. The van der Waals surface area contributed by atoms with E-state index in [1.165, 1.54) is 31.3 Å². The van der Waals surface area contributed by atoms with E-state index >= 15 is 0 Å². The van der Waals surface area contributed by atoms with Gasteiger partial charge in [-0.1, -0.05) is 133 Å². The van der Waals surface area contributed by atoms with Crippen LogP contribution in [0, 0.1) is 0 Å². The van der Waals surface area contributed by atoms with Crippen molar-refractivity contribution in [1.82, 2.24) is 19.9 Å². The standard InChI is InChI=1S/C46H28N4S2/c1-4-14-29(15-5-1)32-20-12-21-33(26-32)44-48-43(31-18-8-3-9-19-31)49-45(50-44)36-23-13-22-35-37-27-34(30-16-6-2-7-17-30)28-38(42(37)52-41(35)36)46-47-39-24-10-11-25-40(39)51-46/h1-28H. The normalized spacial score (nSPS) is 11.5. The van der Waals surface area contributed by atoms with Crippen LogP contribution < -0.4 is 0 Å². The zero-order valence-corrected chi connectivity index (χ0v) is 29.4. The first-order valence-electron chi connectivity index (χ1n) is 17.1. The first-order chi connectivity index (χ1) is 25.7. The summed E-state index contributed by atoms with van der Waals surface area (Å²) in [6.07, 6.45) is 0. The number of hydrogen-bond donors (Lipinski definition) is 0. The first kappa shape index (κ1) is 30.5. The molecule has 10 rings (SSSR count). The molecule has 52 heavy (non-hydrogen) atoms. The minimum atomic E-state index is 0.640. The predicted octanol–water partition coefficient (Wildman–Crippen LogP) is 12.9. The van der Waals surface area contributed by atoms with E-state index in [0.29, 0.717) is 17.5 Å². The molecule has 0 unspecified atom stereocenters. The Morgan fingerprint density at radius 3 is 1.65 bits per heavy atom. The average molecular weight is 701 g/mol. The van der Waals surface area contributed by atoms with E-state index in [4.69, 9.17) is 19.9 Å². The Bertz CT molecular complexity index is 2870. The van der Waals surface area contributed by atoms with E-state index < -0.39 is 0 Å². The summed E-state index contributed by atoms with van der Waals surface area (Å²) in [7, 11) is 0. The van der Waals surface area contributed by atoms with Crippen LogP contribution in [-0.2, 0) is 0 Å². The van der Waals surface area contributed by atoms with Gasteiger partial charge < -0.3 is 0 Å². The van der Waals surface area contributed by atoms with Crippen LogP contribution >= 0.6 is 22.7 Å². The van der Waals surface area contributed by atoms with E-state index in [9.17, 15) is 0 Å². The quantitative estimate of drug-likeness (QED) is 0.173. The number of aromatic nitrogens is 4. The highest BCUT2D eigenvalue weighted by Crippen LogP contribution is 2.46. The molecule has 0 amide bonds. The molecule has 0 aliphatic heterocycles. The van der Waals surface area contributed by atoms with Crippen LogP contribution in [0.2, 0.25) is 0 Å². The summed E-state index contributed by atoms with van der Waals surface area (Å²) in [5.74, 6) is 1.93.